The molecule has 232 valence electrons. The molecule has 15 nitrogen and oxygen atoms in total. The Bertz CT molecular complexity index is 1630. The van der Waals surface area contributed by atoms with E-state index in [0.717, 1.165) is 0 Å². The molecule has 0 spiro atoms. The number of nitrogens with two attached hydrogens (primary N) is 1. The van der Waals surface area contributed by atoms with Gasteiger partial charge >= 0.3 is 0 Å². The van der Waals surface area contributed by atoms with Gasteiger partial charge < -0.3 is 45.4 Å². The first kappa shape index (κ1) is 31.3. The van der Waals surface area contributed by atoms with Crippen LogP contribution in [0.4, 0.5) is 28.4 Å². The molecule has 0 saturated heterocycles. The topological polar surface area (TPSA) is 200 Å². The third kappa shape index (κ3) is 8.49. The normalized spacial score (nSPS) is 14.4. The predicted molar refractivity (Wildman–Crippen MR) is 159 cm³/mol. The Morgan fingerprint density at radius 1 is 0.333 bits per heavy atom. The van der Waals surface area contributed by atoms with Crippen LogP contribution in [-0.2, 0) is 0 Å². The molecule has 0 aliphatic heterocycles. The average Bonchev–Trinajstić information content (AvgIpc) is 3.07. The van der Waals surface area contributed by atoms with E-state index in [2.05, 4.69) is 0 Å². The summed E-state index contributed by atoms with van der Waals surface area (Å²) in [7, 11) is 0. The predicted octanol–water partition coefficient (Wildman–Crippen LogP) is -0.393. The maximum atomic E-state index is 12.6. The Morgan fingerprint density at radius 3 is 0.844 bits per heavy atom. The zero-order valence-electron chi connectivity index (χ0n) is 23.4. The summed E-state index contributed by atoms with van der Waals surface area (Å²) in [5.74, 6) is 6.14. The minimum absolute atomic E-state index is 0.186. The van der Waals surface area contributed by atoms with E-state index in [0.29, 0.717) is 5.69 Å². The molecular formula is C30H28N6O9. The first-order chi connectivity index (χ1) is 21.7. The molecule has 0 amide bonds. The van der Waals surface area contributed by atoms with Crippen molar-refractivity contribution in [3.05, 3.63) is 153 Å². The molecule has 5 aromatic carbocycles. The van der Waals surface area contributed by atoms with Gasteiger partial charge in [0.05, 0.1) is 0 Å². The Kier molecular flexibility index (Phi) is 10.1. The molecule has 5 aromatic rings. The SMILES string of the molecule is N[NH+]([O-])c1ccc([NH+]([O-])Oc2ccc(O[NH+]([O-])c3ccc([NH+]([O-])Oc4ccc(O[NH+]([O-])c5ccccc5)cc4)cc3)cc2)cc1. The highest BCUT2D eigenvalue weighted by molar-refractivity contribution is 5.41. The standard InChI is InChI=1S/C30H28N6O9/c31-32(37)22-6-8-24(9-7-22)34(39)43-28-18-20-30(21-19-28)45-36(41)26-12-10-25(11-13-26)35(40)44-29-16-14-27(15-17-29)42-33(38)23-4-2-1-3-5-23/h1-21,32-36H,31H2. The molecule has 5 unspecified atom stereocenters. The smallest absolute Gasteiger partial charge is 0.191 e. The highest BCUT2D eigenvalue weighted by Crippen LogP contribution is 2.18. The zero-order chi connectivity index (χ0) is 31.8. The Morgan fingerprint density at radius 2 is 0.578 bits per heavy atom. The molecule has 0 aromatic heterocycles. The highest BCUT2D eigenvalue weighted by atomic mass is 16.9. The van der Waals surface area contributed by atoms with Crippen molar-refractivity contribution in [2.24, 2.45) is 5.84 Å². The van der Waals surface area contributed by atoms with E-state index in [1.165, 1.54) is 97.1 Å². The van der Waals surface area contributed by atoms with Gasteiger partial charge in [-0.2, -0.15) is 5.84 Å². The van der Waals surface area contributed by atoms with E-state index in [-0.39, 0.29) is 45.7 Å². The molecule has 7 N–H and O–H groups in total. The van der Waals surface area contributed by atoms with Crippen LogP contribution in [0.25, 0.3) is 0 Å². The minimum atomic E-state index is -0.671. The van der Waals surface area contributed by atoms with Crippen molar-refractivity contribution in [3.63, 3.8) is 0 Å². The largest absolute Gasteiger partial charge is 0.608 e. The Hall–Kier alpha value is -5.14. The molecule has 15 heteroatoms. The lowest BCUT2D eigenvalue weighted by Crippen LogP contribution is -3.08. The van der Waals surface area contributed by atoms with Crippen LogP contribution in [0.1, 0.15) is 0 Å². The molecular weight excluding hydrogens is 588 g/mol. The van der Waals surface area contributed by atoms with Crippen LogP contribution >= 0.6 is 0 Å². The summed E-state index contributed by atoms with van der Waals surface area (Å²) < 4.78 is 0. The fourth-order valence-corrected chi connectivity index (χ4v) is 3.90. The van der Waals surface area contributed by atoms with Crippen molar-refractivity contribution < 1.29 is 45.4 Å². The molecule has 45 heavy (non-hydrogen) atoms. The molecule has 0 aliphatic carbocycles. The van der Waals surface area contributed by atoms with E-state index in [1.807, 2.05) is 0 Å². The van der Waals surface area contributed by atoms with Crippen molar-refractivity contribution >= 4 is 28.4 Å². The van der Waals surface area contributed by atoms with Gasteiger partial charge in [0.1, 0.15) is 0 Å². The third-order valence-electron chi connectivity index (χ3n) is 6.26. The first-order valence-electron chi connectivity index (χ1n) is 13.4. The summed E-state index contributed by atoms with van der Waals surface area (Å²) in [4.78, 5) is 21.4. The van der Waals surface area contributed by atoms with Gasteiger partial charge in [0.2, 0.25) is 0 Å². The van der Waals surface area contributed by atoms with Crippen LogP contribution in [0.2, 0.25) is 0 Å². The molecule has 0 bridgehead atoms. The van der Waals surface area contributed by atoms with Gasteiger partial charge in [-0.05, 0) is 48.5 Å². The van der Waals surface area contributed by atoms with Crippen molar-refractivity contribution in [1.82, 2.24) is 0 Å². The Labute approximate surface area is 256 Å². The summed E-state index contributed by atoms with van der Waals surface area (Å²) in [5.41, 5.74) is 1.28. The van der Waals surface area contributed by atoms with E-state index in [1.54, 1.807) is 30.3 Å². The second-order valence-corrected chi connectivity index (χ2v) is 9.39. The van der Waals surface area contributed by atoms with Gasteiger partial charge in [0, 0.05) is 60.7 Å². The lowest BCUT2D eigenvalue weighted by Gasteiger charge is -2.23. The van der Waals surface area contributed by atoms with Crippen molar-refractivity contribution in [2.45, 2.75) is 0 Å². The molecule has 0 saturated carbocycles. The summed E-state index contributed by atoms with van der Waals surface area (Å²) >= 11 is 0. The van der Waals surface area contributed by atoms with Gasteiger partial charge in [-0.1, -0.05) is 18.2 Å². The van der Waals surface area contributed by atoms with Crippen LogP contribution < -0.4 is 51.3 Å². The van der Waals surface area contributed by atoms with E-state index in [9.17, 15) is 26.0 Å². The van der Waals surface area contributed by atoms with Gasteiger partial charge in [0.25, 0.3) is 0 Å². The molecule has 5 rings (SSSR count). The highest BCUT2D eigenvalue weighted by Gasteiger charge is 2.13. The van der Waals surface area contributed by atoms with Gasteiger partial charge in [0.15, 0.2) is 51.4 Å². The van der Waals surface area contributed by atoms with E-state index < -0.39 is 26.1 Å². The maximum absolute atomic E-state index is 12.6. The van der Waals surface area contributed by atoms with Crippen molar-refractivity contribution in [1.29, 1.82) is 0 Å². The molecule has 5 atom stereocenters. The monoisotopic (exact) mass is 616 g/mol. The minimum Gasteiger partial charge on any atom is -0.608 e. The zero-order valence-corrected chi connectivity index (χ0v) is 23.4. The van der Waals surface area contributed by atoms with Gasteiger partial charge in [-0.15, -0.1) is 20.9 Å². The van der Waals surface area contributed by atoms with Gasteiger partial charge in [-0.3, -0.25) is 5.17 Å². The number of quaternary nitrogens is 5. The fraction of sp³-hybridized carbons (Fsp3) is 0. The number of hydrogen-bond acceptors (Lipinski definition) is 10. The quantitative estimate of drug-likeness (QED) is 0.0748. The van der Waals surface area contributed by atoms with Crippen LogP contribution in [-0.4, -0.2) is 0 Å². The van der Waals surface area contributed by atoms with Crippen molar-refractivity contribution in [3.8, 4) is 23.0 Å². The number of hydrogen-bond donors (Lipinski definition) is 6. The lowest BCUT2D eigenvalue weighted by molar-refractivity contribution is -0.965. The average molecular weight is 617 g/mol. The van der Waals surface area contributed by atoms with Crippen LogP contribution in [0, 0.1) is 26.0 Å². The Balaban J connectivity index is 1.10. The first-order valence-corrected chi connectivity index (χ1v) is 13.4. The lowest BCUT2D eigenvalue weighted by atomic mass is 10.3. The van der Waals surface area contributed by atoms with E-state index >= 15 is 0 Å². The van der Waals surface area contributed by atoms with Gasteiger partial charge in [-0.25, -0.2) is 0 Å². The number of nitrogens with one attached hydrogen (secondary N) is 5. The second-order valence-electron chi connectivity index (χ2n) is 9.39. The maximum Gasteiger partial charge on any atom is 0.191 e. The molecule has 0 radical (unpaired) electrons. The number of benzene rings is 5. The molecule has 0 heterocycles. The van der Waals surface area contributed by atoms with E-state index in [4.69, 9.17) is 25.2 Å². The van der Waals surface area contributed by atoms with Crippen LogP contribution in [0.15, 0.2) is 127 Å². The summed E-state index contributed by atoms with van der Waals surface area (Å²) in [5, 5.41) is 57.8. The van der Waals surface area contributed by atoms with Crippen molar-refractivity contribution in [2.75, 3.05) is 0 Å². The summed E-state index contributed by atoms with van der Waals surface area (Å²) in [6, 6.07) is 31.7. The molecule has 0 fully saturated rings. The summed E-state index contributed by atoms with van der Waals surface area (Å²) in [6.07, 6.45) is 0. The molecule has 0 aliphatic rings. The number of rotatable bonds is 13. The van der Waals surface area contributed by atoms with Crippen LogP contribution in [0.5, 0.6) is 23.0 Å². The number of nitrogen functional groups attached to an aromatic ring is 1. The fourth-order valence-electron chi connectivity index (χ4n) is 3.90. The van der Waals surface area contributed by atoms with Crippen LogP contribution in [0.3, 0.4) is 0 Å². The summed E-state index contributed by atoms with van der Waals surface area (Å²) in [6.45, 7) is 0. The third-order valence-corrected chi connectivity index (χ3v) is 6.26. The second kappa shape index (κ2) is 14.6.